The van der Waals surface area contributed by atoms with Crippen molar-refractivity contribution in [2.75, 3.05) is 17.5 Å². The number of carbonyl (C=O) groups excluding carboxylic acids is 1. The lowest BCUT2D eigenvalue weighted by Crippen LogP contribution is -2.24. The second-order valence-corrected chi connectivity index (χ2v) is 4.19. The van der Waals surface area contributed by atoms with Crippen LogP contribution in [-0.2, 0) is 4.79 Å². The SMILES string of the molecule is COc1ccc(N(C(C)=O)c2cc(NO)ccn2)cc1F. The van der Waals surface area contributed by atoms with E-state index in [9.17, 15) is 9.18 Å². The zero-order valence-electron chi connectivity index (χ0n) is 11.5. The average molecular weight is 291 g/mol. The van der Waals surface area contributed by atoms with Gasteiger partial charge in [0.2, 0.25) is 5.91 Å². The molecule has 0 atom stereocenters. The molecule has 0 spiro atoms. The Morgan fingerprint density at radius 3 is 2.71 bits per heavy atom. The Labute approximate surface area is 120 Å². The van der Waals surface area contributed by atoms with E-state index in [1.54, 1.807) is 6.07 Å². The number of aromatic nitrogens is 1. The van der Waals surface area contributed by atoms with Crippen molar-refractivity contribution in [3.63, 3.8) is 0 Å². The maximum absolute atomic E-state index is 13.8. The zero-order chi connectivity index (χ0) is 15.4. The molecule has 110 valence electrons. The number of hydrogen-bond acceptors (Lipinski definition) is 5. The first-order valence-corrected chi connectivity index (χ1v) is 6.07. The van der Waals surface area contributed by atoms with E-state index in [1.165, 1.54) is 49.4 Å². The predicted molar refractivity (Wildman–Crippen MR) is 75.4 cm³/mol. The van der Waals surface area contributed by atoms with E-state index in [1.807, 2.05) is 5.48 Å². The number of ether oxygens (including phenoxy) is 1. The Bertz CT molecular complexity index is 664. The Kier molecular flexibility index (Phi) is 4.34. The topological polar surface area (TPSA) is 74.7 Å². The van der Waals surface area contributed by atoms with Crippen LogP contribution in [0.5, 0.6) is 5.75 Å². The van der Waals surface area contributed by atoms with Gasteiger partial charge in [-0.25, -0.2) is 9.37 Å². The number of halogens is 1. The van der Waals surface area contributed by atoms with Gasteiger partial charge in [0.05, 0.1) is 18.5 Å². The van der Waals surface area contributed by atoms with Crippen molar-refractivity contribution in [1.82, 2.24) is 4.98 Å². The third-order valence-electron chi connectivity index (χ3n) is 2.81. The molecule has 1 aromatic heterocycles. The van der Waals surface area contributed by atoms with E-state index in [-0.39, 0.29) is 17.5 Å². The molecule has 1 amide bonds. The number of amides is 1. The number of rotatable bonds is 4. The highest BCUT2D eigenvalue weighted by molar-refractivity contribution is 5.98. The lowest BCUT2D eigenvalue weighted by molar-refractivity contribution is -0.115. The van der Waals surface area contributed by atoms with E-state index >= 15 is 0 Å². The molecule has 0 radical (unpaired) electrons. The molecule has 1 aromatic carbocycles. The molecule has 2 N–H and O–H groups in total. The van der Waals surface area contributed by atoms with E-state index in [2.05, 4.69) is 4.98 Å². The molecule has 0 saturated carbocycles. The summed E-state index contributed by atoms with van der Waals surface area (Å²) in [5.74, 6) is -0.591. The Morgan fingerprint density at radius 1 is 1.38 bits per heavy atom. The highest BCUT2D eigenvalue weighted by Gasteiger charge is 2.17. The van der Waals surface area contributed by atoms with Crippen LogP contribution < -0.4 is 15.1 Å². The van der Waals surface area contributed by atoms with E-state index in [0.717, 1.165) is 0 Å². The van der Waals surface area contributed by atoms with Crippen molar-refractivity contribution in [3.05, 3.63) is 42.3 Å². The van der Waals surface area contributed by atoms with Crippen LogP contribution in [0.3, 0.4) is 0 Å². The molecular formula is C14H14FN3O3. The van der Waals surface area contributed by atoms with Gasteiger partial charge < -0.3 is 4.74 Å². The van der Waals surface area contributed by atoms with Crippen LogP contribution in [-0.4, -0.2) is 23.2 Å². The molecule has 0 aliphatic carbocycles. The number of hydrogen-bond donors (Lipinski definition) is 2. The Hall–Kier alpha value is -2.67. The molecule has 0 aliphatic rings. The fraction of sp³-hybridized carbons (Fsp3) is 0.143. The Morgan fingerprint density at radius 2 is 2.14 bits per heavy atom. The molecule has 0 saturated heterocycles. The van der Waals surface area contributed by atoms with E-state index in [0.29, 0.717) is 11.4 Å². The molecule has 2 rings (SSSR count). The summed E-state index contributed by atoms with van der Waals surface area (Å²) in [7, 11) is 1.36. The van der Waals surface area contributed by atoms with Crippen molar-refractivity contribution >= 4 is 23.1 Å². The van der Waals surface area contributed by atoms with E-state index in [4.69, 9.17) is 9.94 Å². The number of anilines is 3. The van der Waals surface area contributed by atoms with E-state index < -0.39 is 5.82 Å². The second kappa shape index (κ2) is 6.19. The summed E-state index contributed by atoms with van der Waals surface area (Å²) in [6.45, 7) is 1.34. The molecule has 6 nitrogen and oxygen atoms in total. The van der Waals surface area contributed by atoms with Crippen molar-refractivity contribution < 1.29 is 19.1 Å². The van der Waals surface area contributed by atoms with Gasteiger partial charge in [-0.1, -0.05) is 0 Å². The summed E-state index contributed by atoms with van der Waals surface area (Å²) in [5.41, 5.74) is 2.64. The van der Waals surface area contributed by atoms with Gasteiger partial charge in [-0.2, -0.15) is 0 Å². The standard InChI is InChI=1S/C14H14FN3O3/c1-9(19)18(14-7-10(17-20)5-6-16-14)11-3-4-13(21-2)12(15)8-11/h3-8,20H,1-2H3,(H,16,17). The minimum absolute atomic E-state index is 0.0842. The minimum Gasteiger partial charge on any atom is -0.494 e. The fourth-order valence-corrected chi connectivity index (χ4v) is 1.88. The van der Waals surface area contributed by atoms with Gasteiger partial charge in [0, 0.05) is 25.3 Å². The normalized spacial score (nSPS) is 10.1. The largest absolute Gasteiger partial charge is 0.494 e. The molecule has 0 unspecified atom stereocenters. The number of pyridine rings is 1. The van der Waals surface area contributed by atoms with Gasteiger partial charge in [0.1, 0.15) is 5.82 Å². The number of carbonyl (C=O) groups is 1. The summed E-state index contributed by atoms with van der Waals surface area (Å²) < 4.78 is 18.6. The highest BCUT2D eigenvalue weighted by atomic mass is 19.1. The monoisotopic (exact) mass is 291 g/mol. The summed E-state index contributed by atoms with van der Waals surface area (Å²) >= 11 is 0. The molecule has 0 aliphatic heterocycles. The van der Waals surface area contributed by atoms with Crippen molar-refractivity contribution in [1.29, 1.82) is 0 Å². The van der Waals surface area contributed by atoms with Crippen LogP contribution in [0.15, 0.2) is 36.5 Å². The molecule has 2 aromatic rings. The quantitative estimate of drug-likeness (QED) is 0.847. The smallest absolute Gasteiger partial charge is 0.229 e. The Balaban J connectivity index is 2.48. The minimum atomic E-state index is -0.585. The molecule has 0 bridgehead atoms. The fourth-order valence-electron chi connectivity index (χ4n) is 1.88. The van der Waals surface area contributed by atoms with Gasteiger partial charge >= 0.3 is 0 Å². The van der Waals surface area contributed by atoms with Gasteiger partial charge in [0.15, 0.2) is 11.6 Å². The van der Waals surface area contributed by atoms with Crippen LogP contribution in [0.1, 0.15) is 6.92 Å². The molecular weight excluding hydrogens is 277 g/mol. The number of methoxy groups -OCH3 is 1. The zero-order valence-corrected chi connectivity index (χ0v) is 11.5. The van der Waals surface area contributed by atoms with Crippen LogP contribution in [0.25, 0.3) is 0 Å². The number of benzene rings is 1. The summed E-state index contributed by atoms with van der Waals surface area (Å²) in [4.78, 5) is 17.1. The summed E-state index contributed by atoms with van der Waals surface area (Å²) in [5, 5.41) is 8.91. The number of nitrogens with one attached hydrogen (secondary N) is 1. The molecule has 0 fully saturated rings. The van der Waals surface area contributed by atoms with Crippen LogP contribution in [0, 0.1) is 5.82 Å². The van der Waals surface area contributed by atoms with Gasteiger partial charge in [-0.15, -0.1) is 0 Å². The average Bonchev–Trinajstić information content (AvgIpc) is 2.47. The third-order valence-corrected chi connectivity index (χ3v) is 2.81. The lowest BCUT2D eigenvalue weighted by atomic mass is 10.2. The van der Waals surface area contributed by atoms with Gasteiger partial charge in [-0.05, 0) is 18.2 Å². The van der Waals surface area contributed by atoms with Crippen LogP contribution >= 0.6 is 0 Å². The van der Waals surface area contributed by atoms with Gasteiger partial charge in [-0.3, -0.25) is 20.4 Å². The molecule has 7 heteroatoms. The van der Waals surface area contributed by atoms with Crippen molar-refractivity contribution in [2.24, 2.45) is 0 Å². The first kappa shape index (κ1) is 14.7. The van der Waals surface area contributed by atoms with Crippen LogP contribution in [0.4, 0.5) is 21.6 Å². The van der Waals surface area contributed by atoms with Crippen molar-refractivity contribution in [3.8, 4) is 5.75 Å². The summed E-state index contributed by atoms with van der Waals surface area (Å²) in [6, 6.07) is 7.14. The molecule has 1 heterocycles. The molecule has 21 heavy (non-hydrogen) atoms. The third kappa shape index (κ3) is 3.09. The van der Waals surface area contributed by atoms with Crippen molar-refractivity contribution in [2.45, 2.75) is 6.92 Å². The van der Waals surface area contributed by atoms with Gasteiger partial charge in [0.25, 0.3) is 0 Å². The van der Waals surface area contributed by atoms with Crippen LogP contribution in [0.2, 0.25) is 0 Å². The maximum atomic E-state index is 13.8. The first-order chi connectivity index (χ1) is 10.1. The first-order valence-electron chi connectivity index (χ1n) is 6.07. The summed E-state index contributed by atoms with van der Waals surface area (Å²) in [6.07, 6.45) is 1.42. The predicted octanol–water partition coefficient (Wildman–Crippen LogP) is 2.71. The lowest BCUT2D eigenvalue weighted by Gasteiger charge is -2.21. The highest BCUT2D eigenvalue weighted by Crippen LogP contribution is 2.29. The maximum Gasteiger partial charge on any atom is 0.229 e. The second-order valence-electron chi connectivity index (χ2n) is 4.19. The number of nitrogens with zero attached hydrogens (tertiary/aromatic N) is 2.